The summed E-state index contributed by atoms with van der Waals surface area (Å²) in [5.74, 6) is 1.46. The lowest BCUT2D eigenvalue weighted by molar-refractivity contribution is 0.958. The molecule has 0 spiro atoms. The van der Waals surface area contributed by atoms with Gasteiger partial charge in [0.25, 0.3) is 0 Å². The van der Waals surface area contributed by atoms with E-state index in [1.807, 2.05) is 6.92 Å². The van der Waals surface area contributed by atoms with Gasteiger partial charge in [-0.15, -0.1) is 0 Å². The van der Waals surface area contributed by atoms with E-state index in [1.165, 1.54) is 0 Å². The second-order valence-electron chi connectivity index (χ2n) is 1.83. The van der Waals surface area contributed by atoms with E-state index in [9.17, 15) is 0 Å². The molecule has 0 bridgehead atoms. The third-order valence-electron chi connectivity index (χ3n) is 0.968. The van der Waals surface area contributed by atoms with Crippen molar-refractivity contribution in [2.75, 3.05) is 11.5 Å². The number of halogens is 1. The minimum atomic E-state index is 0.503. The Bertz CT molecular complexity index is 233. The van der Waals surface area contributed by atoms with Crippen LogP contribution in [0.4, 0.5) is 5.82 Å². The van der Waals surface area contributed by atoms with Crippen molar-refractivity contribution >= 4 is 33.5 Å². The molecule has 1 rings (SSSR count). The molecule has 3 nitrogen and oxygen atoms in total. The summed E-state index contributed by atoms with van der Waals surface area (Å²) in [5.41, 5.74) is 5.50. The van der Waals surface area contributed by atoms with Gasteiger partial charge in [-0.05, 0) is 21.7 Å². The van der Waals surface area contributed by atoms with E-state index in [1.54, 1.807) is 17.8 Å². The van der Waals surface area contributed by atoms with Crippen molar-refractivity contribution in [2.45, 2.75) is 12.1 Å². The van der Waals surface area contributed by atoms with Crippen LogP contribution in [0.3, 0.4) is 0 Å². The van der Waals surface area contributed by atoms with E-state index in [0.717, 1.165) is 15.5 Å². The van der Waals surface area contributed by atoms with E-state index >= 15 is 0 Å². The van der Waals surface area contributed by atoms with Crippen LogP contribution in [0.1, 0.15) is 6.92 Å². The molecule has 0 aliphatic carbocycles. The van der Waals surface area contributed by atoms with Crippen LogP contribution in [0.5, 0.6) is 0 Å². The van der Waals surface area contributed by atoms with E-state index in [4.69, 9.17) is 5.73 Å². The largest absolute Gasteiger partial charge is 0.384 e. The number of nitrogen functional groups attached to an aromatic ring is 1. The first-order valence-electron chi connectivity index (χ1n) is 3.15. The summed E-state index contributed by atoms with van der Waals surface area (Å²) in [7, 11) is 0. The molecule has 0 radical (unpaired) electrons. The molecule has 0 aromatic carbocycles. The number of anilines is 1. The first kappa shape index (κ1) is 8.80. The van der Waals surface area contributed by atoms with E-state index in [2.05, 4.69) is 25.9 Å². The maximum Gasteiger partial charge on any atom is 0.190 e. The van der Waals surface area contributed by atoms with Crippen molar-refractivity contribution in [3.63, 3.8) is 0 Å². The fraction of sp³-hybridized carbons (Fsp3) is 0.333. The topological polar surface area (TPSA) is 51.8 Å². The van der Waals surface area contributed by atoms with Crippen molar-refractivity contribution in [3.05, 3.63) is 10.7 Å². The molecular weight excluding hydrogens is 226 g/mol. The number of nitrogens with two attached hydrogens (primary N) is 1. The second kappa shape index (κ2) is 3.92. The van der Waals surface area contributed by atoms with Gasteiger partial charge in [0.15, 0.2) is 5.16 Å². The zero-order valence-electron chi connectivity index (χ0n) is 6.04. The number of hydrogen-bond acceptors (Lipinski definition) is 4. The first-order valence-corrected chi connectivity index (χ1v) is 4.93. The van der Waals surface area contributed by atoms with Crippen LogP contribution in [0.15, 0.2) is 15.8 Å². The fourth-order valence-electron chi connectivity index (χ4n) is 0.607. The minimum absolute atomic E-state index is 0.503. The van der Waals surface area contributed by atoms with Crippen molar-refractivity contribution < 1.29 is 0 Å². The maximum atomic E-state index is 5.50. The highest BCUT2D eigenvalue weighted by Crippen LogP contribution is 2.17. The Hall–Kier alpha value is -0.290. The average molecular weight is 234 g/mol. The highest BCUT2D eigenvalue weighted by molar-refractivity contribution is 9.10. The molecule has 0 aliphatic rings. The third kappa shape index (κ3) is 2.67. The van der Waals surface area contributed by atoms with Crippen molar-refractivity contribution in [3.8, 4) is 0 Å². The summed E-state index contributed by atoms with van der Waals surface area (Å²) in [6, 6.07) is 1.68. The Labute approximate surface area is 77.9 Å². The summed E-state index contributed by atoms with van der Waals surface area (Å²) in [6.07, 6.45) is 0. The summed E-state index contributed by atoms with van der Waals surface area (Å²) in [4.78, 5) is 8.14. The van der Waals surface area contributed by atoms with Crippen molar-refractivity contribution in [1.82, 2.24) is 9.97 Å². The van der Waals surface area contributed by atoms with Crippen LogP contribution in [0.2, 0.25) is 0 Å². The molecule has 0 aliphatic heterocycles. The Morgan fingerprint density at radius 2 is 2.36 bits per heavy atom. The Balaban J connectivity index is 2.89. The lowest BCUT2D eigenvalue weighted by Crippen LogP contribution is -1.94. The van der Waals surface area contributed by atoms with Gasteiger partial charge in [0.1, 0.15) is 10.4 Å². The molecule has 11 heavy (non-hydrogen) atoms. The summed E-state index contributed by atoms with van der Waals surface area (Å²) < 4.78 is 0.737. The highest BCUT2D eigenvalue weighted by atomic mass is 79.9. The van der Waals surface area contributed by atoms with Gasteiger partial charge in [-0.1, -0.05) is 18.7 Å². The van der Waals surface area contributed by atoms with Gasteiger partial charge in [-0.3, -0.25) is 0 Å². The number of aromatic nitrogens is 2. The molecule has 0 amide bonds. The van der Waals surface area contributed by atoms with Crippen LogP contribution in [-0.2, 0) is 0 Å². The van der Waals surface area contributed by atoms with Crippen LogP contribution < -0.4 is 5.73 Å². The maximum absolute atomic E-state index is 5.50. The van der Waals surface area contributed by atoms with Gasteiger partial charge in [-0.25, -0.2) is 9.97 Å². The SMILES string of the molecule is CCSc1nc(N)cc(Br)n1. The first-order chi connectivity index (χ1) is 5.22. The molecular formula is C6H8BrN3S. The van der Waals surface area contributed by atoms with Gasteiger partial charge in [0.05, 0.1) is 0 Å². The lowest BCUT2D eigenvalue weighted by Gasteiger charge is -1.98. The molecule has 0 atom stereocenters. The Morgan fingerprint density at radius 1 is 1.64 bits per heavy atom. The van der Waals surface area contributed by atoms with Crippen LogP contribution in [0, 0.1) is 0 Å². The van der Waals surface area contributed by atoms with Gasteiger partial charge < -0.3 is 5.73 Å². The van der Waals surface area contributed by atoms with E-state index in [0.29, 0.717) is 5.82 Å². The molecule has 0 saturated carbocycles. The number of nitrogens with zero attached hydrogens (tertiary/aromatic N) is 2. The van der Waals surface area contributed by atoms with Gasteiger partial charge in [0, 0.05) is 6.07 Å². The van der Waals surface area contributed by atoms with Gasteiger partial charge in [0.2, 0.25) is 0 Å². The van der Waals surface area contributed by atoms with Gasteiger partial charge in [-0.2, -0.15) is 0 Å². The minimum Gasteiger partial charge on any atom is -0.384 e. The molecule has 1 heterocycles. The monoisotopic (exact) mass is 233 g/mol. The van der Waals surface area contributed by atoms with Crippen LogP contribution in [-0.4, -0.2) is 15.7 Å². The number of rotatable bonds is 2. The quantitative estimate of drug-likeness (QED) is 0.482. The smallest absolute Gasteiger partial charge is 0.190 e. The number of thioether (sulfide) groups is 1. The number of hydrogen-bond donors (Lipinski definition) is 1. The van der Waals surface area contributed by atoms with E-state index < -0.39 is 0 Å². The Morgan fingerprint density at radius 3 is 2.91 bits per heavy atom. The molecule has 1 aromatic rings. The average Bonchev–Trinajstić information content (AvgIpc) is 1.85. The van der Waals surface area contributed by atoms with E-state index in [-0.39, 0.29) is 0 Å². The summed E-state index contributed by atoms with van der Waals surface area (Å²) in [5, 5.41) is 0.722. The standard InChI is InChI=1S/C6H8BrN3S/c1-2-11-6-9-4(7)3-5(8)10-6/h3H,2H2,1H3,(H2,8,9,10). The summed E-state index contributed by atoms with van der Waals surface area (Å²) in [6.45, 7) is 2.05. The summed E-state index contributed by atoms with van der Waals surface area (Å²) >= 11 is 4.81. The lowest BCUT2D eigenvalue weighted by atomic mass is 10.6. The predicted octanol–water partition coefficient (Wildman–Crippen LogP) is 1.93. The zero-order chi connectivity index (χ0) is 8.27. The molecule has 0 saturated heterocycles. The fourth-order valence-corrected chi connectivity index (χ4v) is 1.72. The third-order valence-corrected chi connectivity index (χ3v) is 2.10. The van der Waals surface area contributed by atoms with Crippen LogP contribution in [0.25, 0.3) is 0 Å². The zero-order valence-corrected chi connectivity index (χ0v) is 8.44. The highest BCUT2D eigenvalue weighted by Gasteiger charge is 1.98. The van der Waals surface area contributed by atoms with Gasteiger partial charge >= 0.3 is 0 Å². The molecule has 0 unspecified atom stereocenters. The molecule has 60 valence electrons. The molecule has 5 heteroatoms. The van der Waals surface area contributed by atoms with Crippen molar-refractivity contribution in [1.29, 1.82) is 0 Å². The molecule has 1 aromatic heterocycles. The predicted molar refractivity (Wildman–Crippen MR) is 50.5 cm³/mol. The van der Waals surface area contributed by atoms with Crippen LogP contribution >= 0.6 is 27.7 Å². The van der Waals surface area contributed by atoms with Crippen molar-refractivity contribution in [2.24, 2.45) is 0 Å². The second-order valence-corrected chi connectivity index (χ2v) is 3.87. The molecule has 0 fully saturated rings. The Kier molecular flexibility index (Phi) is 3.14. The normalized spacial score (nSPS) is 10.0. The molecule has 2 N–H and O–H groups in total.